The van der Waals surface area contributed by atoms with Gasteiger partial charge in [-0.2, -0.15) is 0 Å². The predicted octanol–water partition coefficient (Wildman–Crippen LogP) is 3.85. The number of benzene rings is 1. The summed E-state index contributed by atoms with van der Waals surface area (Å²) in [5.41, 5.74) is 0.899. The molecule has 5 heteroatoms. The van der Waals surface area contributed by atoms with Crippen LogP contribution in [-0.2, 0) is 4.79 Å². The molecular formula is C13H17Cl2NO2. The second kappa shape index (κ2) is 6.98. The van der Waals surface area contributed by atoms with Crippen LogP contribution in [0.4, 0.5) is 0 Å². The normalized spacial score (nSPS) is 12.7. The fourth-order valence-corrected chi connectivity index (χ4v) is 2.47. The Balaban J connectivity index is 2.93. The lowest BCUT2D eigenvalue weighted by Gasteiger charge is -2.28. The van der Waals surface area contributed by atoms with Crippen molar-refractivity contribution in [1.82, 2.24) is 4.90 Å². The van der Waals surface area contributed by atoms with Crippen LogP contribution in [0.3, 0.4) is 0 Å². The number of carboxylic acids is 1. The Morgan fingerprint density at radius 3 is 2.61 bits per heavy atom. The number of carboxylic acid groups (broad SMARTS) is 1. The van der Waals surface area contributed by atoms with Crippen LogP contribution in [0.25, 0.3) is 0 Å². The molecule has 0 radical (unpaired) electrons. The summed E-state index contributed by atoms with van der Waals surface area (Å²) in [7, 11) is 0. The molecule has 18 heavy (non-hydrogen) atoms. The van der Waals surface area contributed by atoms with Gasteiger partial charge in [0.2, 0.25) is 0 Å². The van der Waals surface area contributed by atoms with Crippen LogP contribution in [0.5, 0.6) is 0 Å². The van der Waals surface area contributed by atoms with Gasteiger partial charge in [-0.1, -0.05) is 36.2 Å². The summed E-state index contributed by atoms with van der Waals surface area (Å²) in [4.78, 5) is 12.7. The molecule has 1 rings (SSSR count). The molecule has 0 fully saturated rings. The van der Waals surface area contributed by atoms with Crippen molar-refractivity contribution in [3.05, 3.63) is 33.8 Å². The second-order valence-corrected chi connectivity index (χ2v) is 5.05. The molecule has 3 nitrogen and oxygen atoms in total. The number of halogens is 2. The largest absolute Gasteiger partial charge is 0.480 e. The van der Waals surface area contributed by atoms with Crippen molar-refractivity contribution in [3.63, 3.8) is 0 Å². The Labute approximate surface area is 117 Å². The monoisotopic (exact) mass is 289 g/mol. The number of rotatable bonds is 6. The Hall–Kier alpha value is -0.770. The average molecular weight is 290 g/mol. The van der Waals surface area contributed by atoms with E-state index in [1.807, 2.05) is 24.8 Å². The Morgan fingerprint density at radius 2 is 2.11 bits per heavy atom. The molecule has 1 aromatic rings. The first kappa shape index (κ1) is 15.3. The van der Waals surface area contributed by atoms with E-state index in [9.17, 15) is 4.79 Å². The molecule has 100 valence electrons. The first-order valence-electron chi connectivity index (χ1n) is 5.86. The second-order valence-electron chi connectivity index (χ2n) is 4.21. The van der Waals surface area contributed by atoms with Gasteiger partial charge in [0.25, 0.3) is 0 Å². The van der Waals surface area contributed by atoms with Crippen molar-refractivity contribution in [2.45, 2.75) is 26.3 Å². The molecule has 0 bridgehead atoms. The lowest BCUT2D eigenvalue weighted by molar-refractivity contribution is -0.138. The van der Waals surface area contributed by atoms with Crippen LogP contribution in [0.15, 0.2) is 18.2 Å². The number of aliphatic carboxylic acids is 1. The standard InChI is InChI=1S/C13H17Cl2NO2/c1-3-6-16(8-13(17)18)9(2)11-5-4-10(14)7-12(11)15/h4-5,7,9H,3,6,8H2,1-2H3,(H,17,18). The molecule has 0 aliphatic carbocycles. The quantitative estimate of drug-likeness (QED) is 0.865. The van der Waals surface area contributed by atoms with E-state index in [2.05, 4.69) is 0 Å². The molecule has 0 saturated carbocycles. The Kier molecular flexibility index (Phi) is 5.93. The fourth-order valence-electron chi connectivity index (χ4n) is 1.91. The first-order valence-corrected chi connectivity index (χ1v) is 6.62. The average Bonchev–Trinajstić information content (AvgIpc) is 2.27. The van der Waals surface area contributed by atoms with Gasteiger partial charge < -0.3 is 5.11 Å². The van der Waals surface area contributed by atoms with Gasteiger partial charge in [-0.3, -0.25) is 9.69 Å². The van der Waals surface area contributed by atoms with Crippen LogP contribution in [0, 0.1) is 0 Å². The van der Waals surface area contributed by atoms with Crippen LogP contribution >= 0.6 is 23.2 Å². The third kappa shape index (κ3) is 4.16. The van der Waals surface area contributed by atoms with Gasteiger partial charge in [0, 0.05) is 16.1 Å². The third-order valence-electron chi connectivity index (χ3n) is 2.81. The van der Waals surface area contributed by atoms with E-state index in [0.29, 0.717) is 16.6 Å². The molecule has 1 aromatic carbocycles. The van der Waals surface area contributed by atoms with E-state index in [4.69, 9.17) is 28.3 Å². The number of hydrogen-bond acceptors (Lipinski definition) is 2. The molecule has 0 aromatic heterocycles. The van der Waals surface area contributed by atoms with Crippen molar-refractivity contribution < 1.29 is 9.90 Å². The summed E-state index contributed by atoms with van der Waals surface area (Å²) in [5, 5.41) is 10.1. The smallest absolute Gasteiger partial charge is 0.317 e. The lowest BCUT2D eigenvalue weighted by Crippen LogP contribution is -2.33. The van der Waals surface area contributed by atoms with Crippen LogP contribution in [-0.4, -0.2) is 29.1 Å². The zero-order valence-electron chi connectivity index (χ0n) is 10.5. The summed E-state index contributed by atoms with van der Waals surface area (Å²) < 4.78 is 0. The number of carbonyl (C=O) groups is 1. The summed E-state index contributed by atoms with van der Waals surface area (Å²) in [6.45, 7) is 4.69. The minimum absolute atomic E-state index is 0.00790. The van der Waals surface area contributed by atoms with Gasteiger partial charge in [0.1, 0.15) is 0 Å². The molecule has 0 aliphatic heterocycles. The molecule has 1 N–H and O–H groups in total. The first-order chi connectivity index (χ1) is 8.45. The van der Waals surface area contributed by atoms with Gasteiger partial charge in [0.05, 0.1) is 6.54 Å². The van der Waals surface area contributed by atoms with E-state index in [0.717, 1.165) is 12.0 Å². The summed E-state index contributed by atoms with van der Waals surface area (Å²) in [5.74, 6) is -0.833. The topological polar surface area (TPSA) is 40.5 Å². The maximum absolute atomic E-state index is 10.9. The van der Waals surface area contributed by atoms with Crippen LogP contribution < -0.4 is 0 Å². The summed E-state index contributed by atoms with van der Waals surface area (Å²) >= 11 is 12.0. The Morgan fingerprint density at radius 1 is 1.44 bits per heavy atom. The van der Waals surface area contributed by atoms with E-state index in [1.165, 1.54) is 0 Å². The van der Waals surface area contributed by atoms with Crippen molar-refractivity contribution in [2.75, 3.05) is 13.1 Å². The van der Waals surface area contributed by atoms with Crippen molar-refractivity contribution in [1.29, 1.82) is 0 Å². The van der Waals surface area contributed by atoms with Gasteiger partial charge in [-0.25, -0.2) is 0 Å². The van der Waals surface area contributed by atoms with Gasteiger partial charge >= 0.3 is 5.97 Å². The highest BCUT2D eigenvalue weighted by atomic mass is 35.5. The molecule has 1 atom stereocenters. The highest BCUT2D eigenvalue weighted by Crippen LogP contribution is 2.29. The lowest BCUT2D eigenvalue weighted by atomic mass is 10.1. The number of nitrogens with zero attached hydrogens (tertiary/aromatic N) is 1. The van der Waals surface area contributed by atoms with Crippen LogP contribution in [0.2, 0.25) is 10.0 Å². The predicted molar refractivity (Wildman–Crippen MR) is 74.4 cm³/mol. The highest BCUT2D eigenvalue weighted by molar-refractivity contribution is 6.35. The van der Waals surface area contributed by atoms with E-state index >= 15 is 0 Å². The minimum atomic E-state index is -0.833. The SMILES string of the molecule is CCCN(CC(=O)O)C(C)c1ccc(Cl)cc1Cl. The van der Waals surface area contributed by atoms with E-state index in [1.54, 1.807) is 12.1 Å². The van der Waals surface area contributed by atoms with Crippen molar-refractivity contribution >= 4 is 29.2 Å². The molecule has 1 unspecified atom stereocenters. The van der Waals surface area contributed by atoms with Gasteiger partial charge in [-0.15, -0.1) is 0 Å². The molecule has 0 saturated heterocycles. The zero-order valence-corrected chi connectivity index (χ0v) is 12.0. The fraction of sp³-hybridized carbons (Fsp3) is 0.462. The zero-order chi connectivity index (χ0) is 13.7. The molecule has 0 amide bonds. The Bertz CT molecular complexity index is 423. The van der Waals surface area contributed by atoms with E-state index in [-0.39, 0.29) is 12.6 Å². The minimum Gasteiger partial charge on any atom is -0.480 e. The third-order valence-corrected chi connectivity index (χ3v) is 3.37. The number of hydrogen-bond donors (Lipinski definition) is 1. The molecule has 0 aliphatic rings. The maximum atomic E-state index is 10.9. The van der Waals surface area contributed by atoms with Crippen LogP contribution in [0.1, 0.15) is 31.9 Å². The molecule has 0 heterocycles. The van der Waals surface area contributed by atoms with Gasteiger partial charge in [-0.05, 0) is 37.6 Å². The van der Waals surface area contributed by atoms with E-state index < -0.39 is 5.97 Å². The van der Waals surface area contributed by atoms with Crippen molar-refractivity contribution in [3.8, 4) is 0 Å². The molecular weight excluding hydrogens is 273 g/mol. The molecule has 0 spiro atoms. The van der Waals surface area contributed by atoms with Gasteiger partial charge in [0.15, 0.2) is 0 Å². The maximum Gasteiger partial charge on any atom is 0.317 e. The highest BCUT2D eigenvalue weighted by Gasteiger charge is 2.19. The summed E-state index contributed by atoms with van der Waals surface area (Å²) in [6.07, 6.45) is 0.892. The van der Waals surface area contributed by atoms with Crippen molar-refractivity contribution in [2.24, 2.45) is 0 Å². The summed E-state index contributed by atoms with van der Waals surface area (Å²) in [6, 6.07) is 5.25.